The smallest absolute Gasteiger partial charge is 0.246 e. The van der Waals surface area contributed by atoms with E-state index in [1.165, 1.54) is 69.8 Å². The molecule has 1 atom stereocenters. The van der Waals surface area contributed by atoms with E-state index in [0.29, 0.717) is 18.8 Å². The van der Waals surface area contributed by atoms with Gasteiger partial charge in [0.05, 0.1) is 25.5 Å². The molecule has 2 aromatic heterocycles. The molecule has 1 amide bonds. The number of unbranched alkanes of at least 4 members (excludes halogenated alkanes) is 9. The summed E-state index contributed by atoms with van der Waals surface area (Å²) in [6.45, 7) is 5.28. The minimum atomic E-state index is -0.459. The number of amides is 1. The number of benzene rings is 2. The van der Waals surface area contributed by atoms with E-state index in [-0.39, 0.29) is 5.91 Å². The molecule has 2 heterocycles. The van der Waals surface area contributed by atoms with Gasteiger partial charge in [-0.05, 0) is 24.7 Å². The third-order valence-electron chi connectivity index (χ3n) is 7.61. The number of rotatable bonds is 20. The molecule has 0 saturated heterocycles. The lowest BCUT2D eigenvalue weighted by Crippen LogP contribution is -2.34. The average molecular weight is 602 g/mol. The van der Waals surface area contributed by atoms with Gasteiger partial charge in [0.1, 0.15) is 17.4 Å². The summed E-state index contributed by atoms with van der Waals surface area (Å²) in [5.41, 5.74) is 4.82. The van der Waals surface area contributed by atoms with Crippen LogP contribution in [0.25, 0.3) is 11.3 Å². The number of carbonyl (C=O) groups excluding carboxylic acids is 1. The Kier molecular flexibility index (Phi) is 13.8. The summed E-state index contributed by atoms with van der Waals surface area (Å²) in [6, 6.07) is 17.9. The van der Waals surface area contributed by atoms with Gasteiger partial charge < -0.3 is 5.32 Å². The Hall–Kier alpha value is -3.46. The zero-order valence-corrected chi connectivity index (χ0v) is 26.6. The molecule has 1 unspecified atom stereocenters. The predicted molar refractivity (Wildman–Crippen MR) is 176 cm³/mol. The van der Waals surface area contributed by atoms with Crippen molar-refractivity contribution in [2.45, 2.75) is 97.2 Å². The summed E-state index contributed by atoms with van der Waals surface area (Å²) < 4.78 is 3.50. The first kappa shape index (κ1) is 32.5. The van der Waals surface area contributed by atoms with Crippen LogP contribution in [0.3, 0.4) is 0 Å². The van der Waals surface area contributed by atoms with Gasteiger partial charge in [-0.2, -0.15) is 11.8 Å². The molecule has 0 bridgehead atoms. The van der Waals surface area contributed by atoms with Crippen molar-refractivity contribution in [3.05, 3.63) is 83.8 Å². The summed E-state index contributed by atoms with van der Waals surface area (Å²) >= 11 is 1.81. The molecule has 0 fully saturated rings. The van der Waals surface area contributed by atoms with Gasteiger partial charge in [0.2, 0.25) is 5.91 Å². The Morgan fingerprint density at radius 1 is 0.837 bits per heavy atom. The van der Waals surface area contributed by atoms with E-state index >= 15 is 0 Å². The maximum absolute atomic E-state index is 13.5. The fourth-order valence-electron chi connectivity index (χ4n) is 5.01. The zero-order valence-electron chi connectivity index (χ0n) is 25.8. The summed E-state index contributed by atoms with van der Waals surface area (Å²) in [5, 5.41) is 20.3. The molecule has 0 aliphatic carbocycles. The van der Waals surface area contributed by atoms with Crippen LogP contribution in [-0.4, -0.2) is 47.4 Å². The Morgan fingerprint density at radius 3 is 2.26 bits per heavy atom. The van der Waals surface area contributed by atoms with Crippen molar-refractivity contribution in [1.82, 2.24) is 35.3 Å². The molecule has 43 heavy (non-hydrogen) atoms. The molecule has 0 saturated carbocycles. The standard InChI is InChI=1S/C34H47N7OS/c1-3-4-5-6-7-8-9-10-11-15-22-43-27-33(41-26-32(37-39-41)30-20-18-28(2)19-21-30)34(42)35-23-31-25-40(38-36-31)24-29-16-13-12-14-17-29/h12-14,16-21,25-26,33H,3-11,15,22-24,27H2,1-2H3,(H,35,42). The van der Waals surface area contributed by atoms with Crippen LogP contribution < -0.4 is 5.32 Å². The van der Waals surface area contributed by atoms with E-state index in [1.807, 2.05) is 54.5 Å². The highest BCUT2D eigenvalue weighted by Gasteiger charge is 2.23. The molecule has 1 N–H and O–H groups in total. The Bertz CT molecular complexity index is 1340. The van der Waals surface area contributed by atoms with Crippen molar-refractivity contribution in [2.75, 3.05) is 11.5 Å². The highest BCUT2D eigenvalue weighted by atomic mass is 32.2. The number of aryl methyl sites for hydroxylation is 1. The van der Waals surface area contributed by atoms with Crippen molar-refractivity contribution in [3.8, 4) is 11.3 Å². The molecule has 0 spiro atoms. The van der Waals surface area contributed by atoms with E-state index in [9.17, 15) is 4.79 Å². The summed E-state index contributed by atoms with van der Waals surface area (Å²) in [7, 11) is 0. The summed E-state index contributed by atoms with van der Waals surface area (Å²) in [6.07, 6.45) is 17.0. The largest absolute Gasteiger partial charge is 0.348 e. The minimum Gasteiger partial charge on any atom is -0.348 e. The molecule has 0 aliphatic rings. The lowest BCUT2D eigenvalue weighted by Gasteiger charge is -2.16. The van der Waals surface area contributed by atoms with E-state index in [2.05, 4.69) is 64.1 Å². The Morgan fingerprint density at radius 2 is 1.53 bits per heavy atom. The van der Waals surface area contributed by atoms with Gasteiger partial charge in [-0.15, -0.1) is 10.2 Å². The van der Waals surface area contributed by atoms with Gasteiger partial charge in [0.25, 0.3) is 0 Å². The van der Waals surface area contributed by atoms with Crippen LogP contribution in [0.4, 0.5) is 0 Å². The highest BCUT2D eigenvalue weighted by Crippen LogP contribution is 2.21. The number of carbonyl (C=O) groups is 1. The maximum atomic E-state index is 13.5. The van der Waals surface area contributed by atoms with E-state index < -0.39 is 6.04 Å². The van der Waals surface area contributed by atoms with Crippen LogP contribution in [0, 0.1) is 6.92 Å². The van der Waals surface area contributed by atoms with E-state index in [0.717, 1.165) is 28.3 Å². The number of thioether (sulfide) groups is 1. The first-order valence-electron chi connectivity index (χ1n) is 15.9. The number of nitrogens with zero attached hydrogens (tertiary/aromatic N) is 6. The molecule has 8 nitrogen and oxygen atoms in total. The molecule has 4 rings (SSSR count). The third-order valence-corrected chi connectivity index (χ3v) is 8.74. The molecule has 230 valence electrons. The van der Waals surface area contributed by atoms with Crippen LogP contribution in [0.1, 0.15) is 94.0 Å². The molecule has 4 aromatic rings. The van der Waals surface area contributed by atoms with Crippen molar-refractivity contribution < 1.29 is 4.79 Å². The molecular formula is C34H47N7OS. The predicted octanol–water partition coefficient (Wildman–Crippen LogP) is 7.40. The molecule has 0 aliphatic heterocycles. The first-order chi connectivity index (χ1) is 21.1. The average Bonchev–Trinajstić information content (AvgIpc) is 3.69. The molecular weight excluding hydrogens is 554 g/mol. The number of aromatic nitrogens is 6. The third kappa shape index (κ3) is 11.3. The van der Waals surface area contributed by atoms with Crippen molar-refractivity contribution in [2.24, 2.45) is 0 Å². The SMILES string of the molecule is CCCCCCCCCCCCSCC(C(=O)NCc1cn(Cc2ccccc2)nn1)n1cc(-c2ccc(C)cc2)nn1. The van der Waals surface area contributed by atoms with Crippen molar-refractivity contribution in [3.63, 3.8) is 0 Å². The number of hydrogen-bond acceptors (Lipinski definition) is 6. The van der Waals surface area contributed by atoms with Crippen LogP contribution in [-0.2, 0) is 17.9 Å². The van der Waals surface area contributed by atoms with Crippen LogP contribution in [0.2, 0.25) is 0 Å². The van der Waals surface area contributed by atoms with Gasteiger partial charge in [0.15, 0.2) is 0 Å². The fourth-order valence-corrected chi connectivity index (χ4v) is 6.11. The summed E-state index contributed by atoms with van der Waals surface area (Å²) in [4.78, 5) is 13.5. The fraction of sp³-hybridized carbons (Fsp3) is 0.500. The normalized spacial score (nSPS) is 12.0. The number of nitrogens with one attached hydrogen (secondary N) is 1. The quantitative estimate of drug-likeness (QED) is 0.106. The van der Waals surface area contributed by atoms with Crippen LogP contribution >= 0.6 is 11.8 Å². The molecule has 0 radical (unpaired) electrons. The highest BCUT2D eigenvalue weighted by molar-refractivity contribution is 7.99. The van der Waals surface area contributed by atoms with E-state index in [4.69, 9.17) is 0 Å². The second kappa shape index (κ2) is 18.3. The monoisotopic (exact) mass is 601 g/mol. The van der Waals surface area contributed by atoms with Gasteiger partial charge in [-0.1, -0.05) is 135 Å². The topological polar surface area (TPSA) is 90.5 Å². The van der Waals surface area contributed by atoms with Crippen molar-refractivity contribution >= 4 is 17.7 Å². The lowest BCUT2D eigenvalue weighted by atomic mass is 10.1. The van der Waals surface area contributed by atoms with Gasteiger partial charge in [-0.25, -0.2) is 9.36 Å². The summed E-state index contributed by atoms with van der Waals surface area (Å²) in [5.74, 6) is 1.59. The van der Waals surface area contributed by atoms with E-state index in [1.54, 1.807) is 9.36 Å². The Labute approximate surface area is 261 Å². The number of hydrogen-bond donors (Lipinski definition) is 1. The first-order valence-corrected chi connectivity index (χ1v) is 17.0. The molecule has 9 heteroatoms. The molecule has 2 aromatic carbocycles. The lowest BCUT2D eigenvalue weighted by molar-refractivity contribution is -0.124. The van der Waals surface area contributed by atoms with Crippen LogP contribution in [0.15, 0.2) is 67.0 Å². The van der Waals surface area contributed by atoms with Gasteiger partial charge in [-0.3, -0.25) is 4.79 Å². The maximum Gasteiger partial charge on any atom is 0.246 e. The second-order valence-corrected chi connectivity index (χ2v) is 12.5. The second-order valence-electron chi connectivity index (χ2n) is 11.3. The minimum absolute atomic E-state index is 0.0893. The van der Waals surface area contributed by atoms with Gasteiger partial charge in [0, 0.05) is 11.3 Å². The van der Waals surface area contributed by atoms with Crippen molar-refractivity contribution in [1.29, 1.82) is 0 Å². The van der Waals surface area contributed by atoms with Gasteiger partial charge >= 0.3 is 0 Å². The Balaban J connectivity index is 1.27. The van der Waals surface area contributed by atoms with Crippen LogP contribution in [0.5, 0.6) is 0 Å². The zero-order chi connectivity index (χ0) is 30.1.